The molecule has 0 N–H and O–H groups in total. The van der Waals surface area contributed by atoms with Gasteiger partial charge >= 0.3 is 0 Å². The first-order valence-corrected chi connectivity index (χ1v) is 9.57. The van der Waals surface area contributed by atoms with E-state index in [0.29, 0.717) is 13.1 Å². The quantitative estimate of drug-likeness (QED) is 0.775. The summed E-state index contributed by atoms with van der Waals surface area (Å²) in [6.45, 7) is 5.35. The van der Waals surface area contributed by atoms with Crippen molar-refractivity contribution >= 4 is 27.7 Å². The Kier molecular flexibility index (Phi) is 4.46. The lowest BCUT2D eigenvalue weighted by Gasteiger charge is -2.31. The number of aromatic nitrogens is 2. The molecule has 4 rings (SSSR count). The predicted molar refractivity (Wildman–Crippen MR) is 101 cm³/mol. The molecule has 0 spiro atoms. The maximum Gasteiger partial charge on any atom is 0.254 e. The summed E-state index contributed by atoms with van der Waals surface area (Å²) in [5.74, 6) is 1.94. The molecule has 1 aromatic carbocycles. The van der Waals surface area contributed by atoms with Crippen molar-refractivity contribution in [3.63, 3.8) is 0 Å². The second-order valence-electron chi connectivity index (χ2n) is 6.70. The van der Waals surface area contributed by atoms with Gasteiger partial charge in [0, 0.05) is 41.7 Å². The van der Waals surface area contributed by atoms with Crippen LogP contribution >= 0.6 is 15.9 Å². The first kappa shape index (κ1) is 16.5. The molecule has 1 fully saturated rings. The Morgan fingerprint density at radius 2 is 1.80 bits per heavy atom. The molecule has 0 unspecified atom stereocenters. The van der Waals surface area contributed by atoms with Gasteiger partial charge < -0.3 is 9.80 Å². The van der Waals surface area contributed by atoms with Gasteiger partial charge in [0.1, 0.15) is 11.6 Å². The Labute approximate surface area is 156 Å². The second-order valence-corrected chi connectivity index (χ2v) is 7.61. The number of aryl methyl sites for hydroxylation is 1. The standard InChI is InChI=1S/C19H21BrN4O/c1-13-21-17-8-11-24(19(25)14-4-6-15(20)7-5-14)12-16(17)18(22-13)23-9-2-3-10-23/h4-7H,2-3,8-12H2,1H3. The third-order valence-corrected chi connectivity index (χ3v) is 5.46. The van der Waals surface area contributed by atoms with Crippen LogP contribution in [-0.4, -0.2) is 40.4 Å². The number of hydrogen-bond donors (Lipinski definition) is 0. The highest BCUT2D eigenvalue weighted by Gasteiger charge is 2.28. The number of carbonyl (C=O) groups is 1. The van der Waals surface area contributed by atoms with Crippen LogP contribution in [-0.2, 0) is 13.0 Å². The third-order valence-electron chi connectivity index (χ3n) is 4.93. The van der Waals surface area contributed by atoms with Crippen molar-refractivity contribution in [3.05, 3.63) is 51.4 Å². The van der Waals surface area contributed by atoms with E-state index in [1.807, 2.05) is 36.1 Å². The Morgan fingerprint density at radius 1 is 1.08 bits per heavy atom. The van der Waals surface area contributed by atoms with E-state index < -0.39 is 0 Å². The van der Waals surface area contributed by atoms with Crippen LogP contribution in [0.3, 0.4) is 0 Å². The van der Waals surface area contributed by atoms with Gasteiger partial charge in [0.2, 0.25) is 0 Å². The van der Waals surface area contributed by atoms with Gasteiger partial charge in [0.25, 0.3) is 5.91 Å². The average molecular weight is 401 g/mol. The molecule has 5 nitrogen and oxygen atoms in total. The van der Waals surface area contributed by atoms with Crippen LogP contribution < -0.4 is 4.90 Å². The van der Waals surface area contributed by atoms with Gasteiger partial charge in [0.15, 0.2) is 0 Å². The van der Waals surface area contributed by atoms with E-state index in [9.17, 15) is 4.79 Å². The van der Waals surface area contributed by atoms with Crippen molar-refractivity contribution in [1.82, 2.24) is 14.9 Å². The van der Waals surface area contributed by atoms with Crippen molar-refractivity contribution in [2.24, 2.45) is 0 Å². The topological polar surface area (TPSA) is 49.3 Å². The highest BCUT2D eigenvalue weighted by atomic mass is 79.9. The molecule has 0 radical (unpaired) electrons. The number of rotatable bonds is 2. The van der Waals surface area contributed by atoms with Gasteiger partial charge in [-0.2, -0.15) is 0 Å². The Morgan fingerprint density at radius 3 is 2.52 bits per heavy atom. The molecule has 2 aromatic rings. The van der Waals surface area contributed by atoms with Crippen LogP contribution in [0, 0.1) is 6.92 Å². The van der Waals surface area contributed by atoms with Gasteiger partial charge in [0.05, 0.1) is 12.2 Å². The fraction of sp³-hybridized carbons (Fsp3) is 0.421. The maximum absolute atomic E-state index is 12.9. The van der Waals surface area contributed by atoms with Crippen LogP contribution in [0.1, 0.15) is 40.3 Å². The summed E-state index contributed by atoms with van der Waals surface area (Å²) in [5, 5.41) is 0. The number of carbonyl (C=O) groups excluding carboxylic acids is 1. The van der Waals surface area contributed by atoms with Crippen LogP contribution in [0.25, 0.3) is 0 Å². The van der Waals surface area contributed by atoms with Crippen LogP contribution in [0.5, 0.6) is 0 Å². The second kappa shape index (κ2) is 6.75. The van der Waals surface area contributed by atoms with E-state index in [2.05, 4.69) is 25.8 Å². The summed E-state index contributed by atoms with van der Waals surface area (Å²) in [5.41, 5.74) is 2.96. The van der Waals surface area contributed by atoms with Gasteiger partial charge in [-0.1, -0.05) is 15.9 Å². The Hall–Kier alpha value is -1.95. The van der Waals surface area contributed by atoms with Crippen molar-refractivity contribution in [3.8, 4) is 0 Å². The molecule has 2 aliphatic rings. The Bertz CT molecular complexity index is 800. The van der Waals surface area contributed by atoms with Crippen molar-refractivity contribution in [2.45, 2.75) is 32.7 Å². The lowest BCUT2D eigenvalue weighted by Crippen LogP contribution is -2.38. The number of hydrogen-bond acceptors (Lipinski definition) is 4. The summed E-state index contributed by atoms with van der Waals surface area (Å²) < 4.78 is 0.980. The molecule has 0 aliphatic carbocycles. The Balaban J connectivity index is 1.63. The highest BCUT2D eigenvalue weighted by molar-refractivity contribution is 9.10. The largest absolute Gasteiger partial charge is 0.356 e. The van der Waals surface area contributed by atoms with E-state index in [1.165, 1.54) is 12.8 Å². The monoisotopic (exact) mass is 400 g/mol. The minimum atomic E-state index is 0.0751. The lowest BCUT2D eigenvalue weighted by molar-refractivity contribution is 0.0733. The zero-order valence-electron chi connectivity index (χ0n) is 14.3. The van der Waals surface area contributed by atoms with E-state index in [1.54, 1.807) is 0 Å². The molecule has 2 aliphatic heterocycles. The van der Waals surface area contributed by atoms with E-state index in [0.717, 1.165) is 52.4 Å². The lowest BCUT2D eigenvalue weighted by atomic mass is 10.0. The van der Waals surface area contributed by atoms with E-state index in [-0.39, 0.29) is 5.91 Å². The molecular formula is C19H21BrN4O. The summed E-state index contributed by atoms with van der Waals surface area (Å²) in [4.78, 5) is 26.5. The molecule has 6 heteroatoms. The fourth-order valence-corrected chi connectivity index (χ4v) is 3.92. The van der Waals surface area contributed by atoms with Crippen molar-refractivity contribution < 1.29 is 4.79 Å². The van der Waals surface area contributed by atoms with Gasteiger partial charge in [-0.25, -0.2) is 9.97 Å². The van der Waals surface area contributed by atoms with E-state index in [4.69, 9.17) is 4.98 Å². The number of anilines is 1. The first-order chi connectivity index (χ1) is 12.1. The normalized spacial score (nSPS) is 16.9. The molecule has 0 atom stereocenters. The van der Waals surface area contributed by atoms with Crippen molar-refractivity contribution in [2.75, 3.05) is 24.5 Å². The van der Waals surface area contributed by atoms with Crippen LogP contribution in [0.2, 0.25) is 0 Å². The summed E-state index contributed by atoms with van der Waals surface area (Å²) >= 11 is 3.42. The zero-order chi connectivity index (χ0) is 17.4. The number of benzene rings is 1. The molecule has 0 saturated carbocycles. The summed E-state index contributed by atoms with van der Waals surface area (Å²) in [6.07, 6.45) is 3.21. The molecule has 25 heavy (non-hydrogen) atoms. The molecule has 1 aromatic heterocycles. The highest BCUT2D eigenvalue weighted by Crippen LogP contribution is 2.29. The van der Waals surface area contributed by atoms with Crippen molar-refractivity contribution in [1.29, 1.82) is 0 Å². The fourth-order valence-electron chi connectivity index (χ4n) is 3.66. The van der Waals surface area contributed by atoms with Gasteiger partial charge in [-0.15, -0.1) is 0 Å². The number of fused-ring (bicyclic) bond motifs is 1. The SMILES string of the molecule is Cc1nc2c(c(N3CCCC3)n1)CN(C(=O)c1ccc(Br)cc1)CC2. The predicted octanol–water partition coefficient (Wildman–Crippen LogP) is 3.35. The van der Waals surface area contributed by atoms with E-state index >= 15 is 0 Å². The number of amides is 1. The maximum atomic E-state index is 12.9. The smallest absolute Gasteiger partial charge is 0.254 e. The number of nitrogens with zero attached hydrogens (tertiary/aromatic N) is 4. The number of halogens is 1. The molecule has 1 saturated heterocycles. The molecule has 3 heterocycles. The average Bonchev–Trinajstić information content (AvgIpc) is 3.15. The summed E-state index contributed by atoms with van der Waals surface area (Å²) in [7, 11) is 0. The van der Waals surface area contributed by atoms with Crippen LogP contribution in [0.15, 0.2) is 28.7 Å². The molecule has 0 bridgehead atoms. The first-order valence-electron chi connectivity index (χ1n) is 8.78. The minimum Gasteiger partial charge on any atom is -0.356 e. The van der Waals surface area contributed by atoms with Crippen LogP contribution in [0.4, 0.5) is 5.82 Å². The third kappa shape index (κ3) is 3.27. The van der Waals surface area contributed by atoms with Gasteiger partial charge in [-0.3, -0.25) is 4.79 Å². The molecular weight excluding hydrogens is 380 g/mol. The zero-order valence-corrected chi connectivity index (χ0v) is 15.9. The summed E-state index contributed by atoms with van der Waals surface area (Å²) in [6, 6.07) is 7.56. The van der Waals surface area contributed by atoms with Gasteiger partial charge in [-0.05, 0) is 44.0 Å². The molecule has 130 valence electrons. The minimum absolute atomic E-state index is 0.0751. The molecule has 1 amide bonds.